The molecule has 1 aromatic rings. The molecule has 0 aromatic carbocycles. The molecule has 2 aliphatic heterocycles. The van der Waals surface area contributed by atoms with Gasteiger partial charge in [0.05, 0.1) is 5.69 Å². The second-order valence-corrected chi connectivity index (χ2v) is 6.63. The van der Waals surface area contributed by atoms with Crippen molar-refractivity contribution in [2.75, 3.05) is 32.7 Å². The molecular formula is C17H28N4. The van der Waals surface area contributed by atoms with E-state index < -0.39 is 0 Å². The lowest BCUT2D eigenvalue weighted by atomic mass is 9.77. The molecule has 4 nitrogen and oxygen atoms in total. The molecule has 2 saturated heterocycles. The Morgan fingerprint density at radius 1 is 1.43 bits per heavy atom. The van der Waals surface area contributed by atoms with E-state index >= 15 is 0 Å². The highest BCUT2D eigenvalue weighted by molar-refractivity contribution is 5.12. The second kappa shape index (κ2) is 6.03. The minimum absolute atomic E-state index is 0.174. The van der Waals surface area contributed by atoms with Crippen molar-refractivity contribution in [3.8, 4) is 0 Å². The van der Waals surface area contributed by atoms with E-state index in [0.29, 0.717) is 0 Å². The van der Waals surface area contributed by atoms with E-state index in [9.17, 15) is 0 Å². The van der Waals surface area contributed by atoms with Crippen molar-refractivity contribution in [3.63, 3.8) is 0 Å². The van der Waals surface area contributed by atoms with Gasteiger partial charge in [-0.2, -0.15) is 0 Å². The van der Waals surface area contributed by atoms with Crippen molar-refractivity contribution in [1.29, 1.82) is 0 Å². The van der Waals surface area contributed by atoms with Crippen molar-refractivity contribution >= 4 is 0 Å². The van der Waals surface area contributed by atoms with Crippen LogP contribution in [-0.2, 0) is 6.54 Å². The van der Waals surface area contributed by atoms with Crippen molar-refractivity contribution in [3.05, 3.63) is 29.6 Å². The van der Waals surface area contributed by atoms with Gasteiger partial charge in [-0.05, 0) is 57.5 Å². The molecule has 0 amide bonds. The fourth-order valence-electron chi connectivity index (χ4n) is 4.31. The van der Waals surface area contributed by atoms with Crippen LogP contribution in [-0.4, -0.2) is 53.0 Å². The van der Waals surface area contributed by atoms with Crippen LogP contribution < -0.4 is 5.73 Å². The molecule has 21 heavy (non-hydrogen) atoms. The Morgan fingerprint density at radius 3 is 3.00 bits per heavy atom. The van der Waals surface area contributed by atoms with Crippen LogP contribution in [0, 0.1) is 12.8 Å². The number of likely N-dealkylation sites (N-methyl/N-ethyl adjacent to an activating group) is 1. The van der Waals surface area contributed by atoms with Crippen molar-refractivity contribution in [2.45, 2.75) is 38.8 Å². The highest BCUT2D eigenvalue weighted by Gasteiger charge is 2.48. The molecule has 116 valence electrons. The Hall–Kier alpha value is -0.970. The summed E-state index contributed by atoms with van der Waals surface area (Å²) in [6, 6.07) is 6.32. The van der Waals surface area contributed by atoms with Gasteiger partial charge >= 0.3 is 0 Å². The summed E-state index contributed by atoms with van der Waals surface area (Å²) in [6.07, 6.45) is 2.50. The van der Waals surface area contributed by atoms with Crippen LogP contribution in [0.15, 0.2) is 18.2 Å². The van der Waals surface area contributed by atoms with Crippen LogP contribution >= 0.6 is 0 Å². The minimum Gasteiger partial charge on any atom is -0.329 e. The summed E-state index contributed by atoms with van der Waals surface area (Å²) in [7, 11) is 0. The molecule has 0 saturated carbocycles. The predicted molar refractivity (Wildman–Crippen MR) is 86.0 cm³/mol. The van der Waals surface area contributed by atoms with E-state index in [1.165, 1.54) is 38.2 Å². The van der Waals surface area contributed by atoms with Crippen molar-refractivity contribution in [1.82, 2.24) is 14.8 Å². The number of fused-ring (bicyclic) bond motifs is 2. The Balaban J connectivity index is 1.83. The van der Waals surface area contributed by atoms with Gasteiger partial charge in [-0.1, -0.05) is 13.0 Å². The lowest BCUT2D eigenvalue weighted by Gasteiger charge is -2.50. The van der Waals surface area contributed by atoms with Crippen molar-refractivity contribution in [2.24, 2.45) is 11.7 Å². The minimum atomic E-state index is 0.174. The van der Waals surface area contributed by atoms with Gasteiger partial charge < -0.3 is 10.6 Å². The molecule has 1 aromatic heterocycles. The maximum absolute atomic E-state index is 6.30. The molecule has 3 atom stereocenters. The molecule has 3 rings (SSSR count). The third kappa shape index (κ3) is 2.72. The number of hydrogen-bond acceptors (Lipinski definition) is 4. The molecule has 3 heterocycles. The largest absolute Gasteiger partial charge is 0.329 e. The topological polar surface area (TPSA) is 45.4 Å². The first-order valence-corrected chi connectivity index (χ1v) is 8.28. The monoisotopic (exact) mass is 288 g/mol. The third-order valence-electron chi connectivity index (χ3n) is 5.56. The van der Waals surface area contributed by atoms with Gasteiger partial charge in [0.2, 0.25) is 0 Å². The van der Waals surface area contributed by atoms with Crippen LogP contribution in [0.25, 0.3) is 0 Å². The average Bonchev–Trinajstić information content (AvgIpc) is 2.90. The van der Waals surface area contributed by atoms with E-state index in [1.54, 1.807) is 0 Å². The summed E-state index contributed by atoms with van der Waals surface area (Å²) in [4.78, 5) is 9.88. The van der Waals surface area contributed by atoms with Gasteiger partial charge in [0.25, 0.3) is 0 Å². The zero-order valence-electron chi connectivity index (χ0n) is 13.4. The van der Waals surface area contributed by atoms with Gasteiger partial charge in [-0.15, -0.1) is 0 Å². The summed E-state index contributed by atoms with van der Waals surface area (Å²) in [6.45, 7) is 10.7. The standard InChI is InChI=1S/C17H28N4/c1-3-21(12-16-6-4-5-14(2)19-16)17(13-18)8-10-20-9-7-15(17)11-20/h4-6,15H,3,7-13,18H2,1-2H3. The van der Waals surface area contributed by atoms with E-state index in [0.717, 1.165) is 31.2 Å². The molecule has 4 heteroatoms. The van der Waals surface area contributed by atoms with Gasteiger partial charge in [0.15, 0.2) is 0 Å². The highest BCUT2D eigenvalue weighted by atomic mass is 15.3. The number of hydrogen-bond donors (Lipinski definition) is 1. The fourth-order valence-corrected chi connectivity index (χ4v) is 4.31. The molecule has 2 N–H and O–H groups in total. The van der Waals surface area contributed by atoms with Crippen LogP contribution in [0.2, 0.25) is 0 Å². The lowest BCUT2D eigenvalue weighted by Crippen LogP contribution is -2.61. The van der Waals surface area contributed by atoms with Gasteiger partial charge in [0.1, 0.15) is 0 Å². The second-order valence-electron chi connectivity index (χ2n) is 6.63. The number of aromatic nitrogens is 1. The molecule has 2 fully saturated rings. The smallest absolute Gasteiger partial charge is 0.0547 e. The summed E-state index contributed by atoms with van der Waals surface area (Å²) in [5.41, 5.74) is 8.75. The molecule has 2 bridgehead atoms. The highest BCUT2D eigenvalue weighted by Crippen LogP contribution is 2.39. The van der Waals surface area contributed by atoms with Gasteiger partial charge in [-0.25, -0.2) is 0 Å². The normalized spacial score (nSPS) is 31.8. The summed E-state index contributed by atoms with van der Waals surface area (Å²) >= 11 is 0. The Labute approximate surface area is 128 Å². The number of pyridine rings is 1. The maximum atomic E-state index is 6.30. The van der Waals surface area contributed by atoms with Crippen molar-refractivity contribution < 1.29 is 0 Å². The summed E-state index contributed by atoms with van der Waals surface area (Å²) in [5.74, 6) is 0.723. The van der Waals surface area contributed by atoms with E-state index in [-0.39, 0.29) is 5.54 Å². The molecule has 3 unspecified atom stereocenters. The Morgan fingerprint density at radius 2 is 2.29 bits per heavy atom. The summed E-state index contributed by atoms with van der Waals surface area (Å²) in [5, 5.41) is 0. The molecule has 0 aliphatic carbocycles. The molecule has 0 spiro atoms. The zero-order chi connectivity index (χ0) is 14.9. The number of rotatable bonds is 5. The van der Waals surface area contributed by atoms with E-state index in [4.69, 9.17) is 5.73 Å². The lowest BCUT2D eigenvalue weighted by molar-refractivity contribution is 0.00445. The molecule has 0 radical (unpaired) electrons. The number of nitrogens with two attached hydrogens (primary N) is 1. The predicted octanol–water partition coefficient (Wildman–Crippen LogP) is 1.64. The van der Waals surface area contributed by atoms with Crippen LogP contribution in [0.5, 0.6) is 0 Å². The Kier molecular flexibility index (Phi) is 4.29. The molecular weight excluding hydrogens is 260 g/mol. The molecule has 2 aliphatic rings. The van der Waals surface area contributed by atoms with Crippen LogP contribution in [0.3, 0.4) is 0 Å². The number of aryl methyl sites for hydroxylation is 1. The zero-order valence-corrected chi connectivity index (χ0v) is 13.4. The van der Waals surface area contributed by atoms with E-state index in [2.05, 4.69) is 46.8 Å². The van der Waals surface area contributed by atoms with Crippen LogP contribution in [0.4, 0.5) is 0 Å². The van der Waals surface area contributed by atoms with E-state index in [1.807, 2.05) is 0 Å². The first-order valence-electron chi connectivity index (χ1n) is 8.28. The number of nitrogens with zero attached hydrogens (tertiary/aromatic N) is 3. The Bertz CT molecular complexity index is 489. The SMILES string of the molecule is CCN(Cc1cccc(C)n1)C1(CN)CCN2CCC1C2. The van der Waals surface area contributed by atoms with Gasteiger partial charge in [0, 0.05) is 30.9 Å². The third-order valence-corrected chi connectivity index (χ3v) is 5.56. The summed E-state index contributed by atoms with van der Waals surface area (Å²) < 4.78 is 0. The first kappa shape index (κ1) is 14.9. The van der Waals surface area contributed by atoms with Crippen LogP contribution in [0.1, 0.15) is 31.2 Å². The average molecular weight is 288 g/mol. The fraction of sp³-hybridized carbons (Fsp3) is 0.706. The number of piperidine rings is 1. The maximum Gasteiger partial charge on any atom is 0.0547 e. The first-order chi connectivity index (χ1) is 10.2. The van der Waals surface area contributed by atoms with Gasteiger partial charge in [-0.3, -0.25) is 9.88 Å². The quantitative estimate of drug-likeness (QED) is 0.894.